The van der Waals surface area contributed by atoms with Gasteiger partial charge in [0.25, 0.3) is 0 Å². The summed E-state index contributed by atoms with van der Waals surface area (Å²) in [6, 6.07) is 8.36. The summed E-state index contributed by atoms with van der Waals surface area (Å²) >= 11 is 0. The molecule has 2 saturated heterocycles. The molecule has 114 valence electrons. The number of nitrogens with zero attached hydrogens (tertiary/aromatic N) is 1. The Morgan fingerprint density at radius 2 is 2.00 bits per heavy atom. The number of benzene rings is 1. The second-order valence-electron chi connectivity index (χ2n) is 5.39. The molecule has 2 fully saturated rings. The molecule has 1 N–H and O–H groups in total. The van der Waals surface area contributed by atoms with E-state index in [0.29, 0.717) is 13.0 Å². The maximum absolute atomic E-state index is 12.6. The van der Waals surface area contributed by atoms with Gasteiger partial charge in [0.1, 0.15) is 0 Å². The van der Waals surface area contributed by atoms with E-state index in [4.69, 9.17) is 4.74 Å². The monoisotopic (exact) mass is 310 g/mol. The first-order valence-corrected chi connectivity index (χ1v) is 8.38. The Morgan fingerprint density at radius 3 is 2.67 bits per heavy atom. The Bertz CT molecular complexity index is 632. The molecule has 3 atom stereocenters. The zero-order valence-electron chi connectivity index (χ0n) is 11.7. The van der Waals surface area contributed by atoms with Crippen LogP contribution in [0.1, 0.15) is 6.42 Å². The Hall–Kier alpha value is -1.44. The molecule has 1 amide bonds. The first kappa shape index (κ1) is 14.5. The molecule has 1 aromatic carbocycles. The van der Waals surface area contributed by atoms with Crippen LogP contribution in [0.3, 0.4) is 0 Å². The summed E-state index contributed by atoms with van der Waals surface area (Å²) in [4.78, 5) is 12.1. The number of morpholine rings is 1. The average Bonchev–Trinajstić information content (AvgIpc) is 2.81. The van der Waals surface area contributed by atoms with Gasteiger partial charge < -0.3 is 10.1 Å². The normalized spacial score (nSPS) is 29.3. The second kappa shape index (κ2) is 5.40. The predicted octanol–water partition coefficient (Wildman–Crippen LogP) is 0.211. The molecule has 0 radical (unpaired) electrons. The summed E-state index contributed by atoms with van der Waals surface area (Å²) in [5.74, 6) is -0.350. The lowest BCUT2D eigenvalue weighted by molar-refractivity contribution is -0.126. The van der Waals surface area contributed by atoms with E-state index in [1.807, 2.05) is 0 Å². The van der Waals surface area contributed by atoms with Crippen molar-refractivity contribution in [3.8, 4) is 0 Å². The minimum Gasteiger partial charge on any atom is -0.371 e. The number of amides is 1. The number of hydrogen-bond acceptors (Lipinski definition) is 4. The topological polar surface area (TPSA) is 75.7 Å². The van der Waals surface area contributed by atoms with E-state index in [1.165, 1.54) is 4.31 Å². The van der Waals surface area contributed by atoms with Crippen molar-refractivity contribution in [3.63, 3.8) is 0 Å². The van der Waals surface area contributed by atoms with E-state index in [1.54, 1.807) is 37.4 Å². The van der Waals surface area contributed by atoms with E-state index in [9.17, 15) is 13.2 Å². The quantitative estimate of drug-likeness (QED) is 0.866. The first-order valence-electron chi connectivity index (χ1n) is 6.94. The van der Waals surface area contributed by atoms with Gasteiger partial charge in [0.15, 0.2) is 0 Å². The highest BCUT2D eigenvalue weighted by atomic mass is 32.2. The van der Waals surface area contributed by atoms with Crippen molar-refractivity contribution in [1.82, 2.24) is 9.62 Å². The fourth-order valence-electron chi connectivity index (χ4n) is 3.02. The summed E-state index contributed by atoms with van der Waals surface area (Å²) in [5, 5.41) is 2.62. The third-order valence-corrected chi connectivity index (χ3v) is 5.93. The van der Waals surface area contributed by atoms with Gasteiger partial charge in [-0.25, -0.2) is 8.42 Å². The van der Waals surface area contributed by atoms with Crippen LogP contribution >= 0.6 is 0 Å². The zero-order valence-corrected chi connectivity index (χ0v) is 12.5. The largest absolute Gasteiger partial charge is 0.371 e. The number of fused-ring (bicyclic) bond motifs is 2. The van der Waals surface area contributed by atoms with Gasteiger partial charge in [-0.3, -0.25) is 4.79 Å². The van der Waals surface area contributed by atoms with Gasteiger partial charge in [-0.05, 0) is 18.6 Å². The lowest BCUT2D eigenvalue weighted by atomic mass is 10.00. The standard InChI is InChI=1S/C14H18N2O4S/c1-15-14(17)12-7-10-8-16(9-13(12)20-10)21(18,19)11-5-3-2-4-6-11/h2-6,10,12-13H,7-9H2,1H3,(H,15,17). The summed E-state index contributed by atoms with van der Waals surface area (Å²) in [6.07, 6.45) is 0.0113. The van der Waals surface area contributed by atoms with Gasteiger partial charge in [0, 0.05) is 20.1 Å². The van der Waals surface area contributed by atoms with Gasteiger partial charge in [0.05, 0.1) is 23.0 Å². The van der Waals surface area contributed by atoms with Crippen LogP contribution in [0.5, 0.6) is 0 Å². The summed E-state index contributed by atoms with van der Waals surface area (Å²) in [6.45, 7) is 0.535. The Morgan fingerprint density at radius 1 is 1.29 bits per heavy atom. The SMILES string of the molecule is CNC(=O)C1CC2CN(S(=O)(=O)c3ccccc3)CC1O2. The minimum absolute atomic E-state index is 0.0820. The maximum Gasteiger partial charge on any atom is 0.243 e. The van der Waals surface area contributed by atoms with Crippen molar-refractivity contribution in [2.45, 2.75) is 23.5 Å². The van der Waals surface area contributed by atoms with Gasteiger partial charge in [-0.2, -0.15) is 4.31 Å². The number of rotatable bonds is 3. The van der Waals surface area contributed by atoms with Gasteiger partial charge in [0.2, 0.25) is 15.9 Å². The molecular formula is C14H18N2O4S. The average molecular weight is 310 g/mol. The van der Waals surface area contributed by atoms with Gasteiger partial charge in [-0.1, -0.05) is 18.2 Å². The molecule has 0 saturated carbocycles. The number of ether oxygens (including phenoxy) is 1. The third-order valence-electron chi connectivity index (χ3n) is 4.09. The van der Waals surface area contributed by atoms with Crippen molar-refractivity contribution < 1.29 is 17.9 Å². The predicted molar refractivity (Wildman–Crippen MR) is 76.0 cm³/mol. The Labute approximate surface area is 124 Å². The fraction of sp³-hybridized carbons (Fsp3) is 0.500. The molecule has 6 nitrogen and oxygen atoms in total. The molecule has 0 spiro atoms. The van der Waals surface area contributed by atoms with Crippen molar-refractivity contribution >= 4 is 15.9 Å². The summed E-state index contributed by atoms with van der Waals surface area (Å²) in [5.41, 5.74) is 0. The van der Waals surface area contributed by atoms with E-state index in [2.05, 4.69) is 5.32 Å². The molecule has 2 aliphatic heterocycles. The summed E-state index contributed by atoms with van der Waals surface area (Å²) < 4.78 is 32.4. The van der Waals surface area contributed by atoms with Crippen molar-refractivity contribution in [3.05, 3.63) is 30.3 Å². The first-order chi connectivity index (χ1) is 10.0. The number of carbonyl (C=O) groups is 1. The second-order valence-corrected chi connectivity index (χ2v) is 7.33. The van der Waals surface area contributed by atoms with Crippen LogP contribution in [0.2, 0.25) is 0 Å². The van der Waals surface area contributed by atoms with Crippen LogP contribution in [0, 0.1) is 5.92 Å². The molecule has 0 aromatic heterocycles. The van der Waals surface area contributed by atoms with Crippen LogP contribution in [-0.2, 0) is 19.6 Å². The molecule has 3 unspecified atom stereocenters. The van der Waals surface area contributed by atoms with Gasteiger partial charge in [-0.15, -0.1) is 0 Å². The Balaban J connectivity index is 1.82. The van der Waals surface area contributed by atoms with E-state index < -0.39 is 10.0 Å². The molecule has 2 heterocycles. The van der Waals surface area contributed by atoms with E-state index in [0.717, 1.165) is 0 Å². The molecule has 7 heteroatoms. The molecule has 21 heavy (non-hydrogen) atoms. The number of hydrogen-bond donors (Lipinski definition) is 1. The molecule has 1 aromatic rings. The highest BCUT2D eigenvalue weighted by Crippen LogP contribution is 2.34. The zero-order chi connectivity index (χ0) is 15.0. The highest BCUT2D eigenvalue weighted by molar-refractivity contribution is 7.89. The van der Waals surface area contributed by atoms with Crippen LogP contribution < -0.4 is 5.32 Å². The molecule has 0 aliphatic carbocycles. The number of sulfonamides is 1. The van der Waals surface area contributed by atoms with Crippen LogP contribution in [-0.4, -0.2) is 51.0 Å². The molecule has 2 aliphatic rings. The van der Waals surface area contributed by atoms with Crippen LogP contribution in [0.15, 0.2) is 35.2 Å². The van der Waals surface area contributed by atoms with Crippen molar-refractivity contribution in [2.24, 2.45) is 5.92 Å². The van der Waals surface area contributed by atoms with Crippen molar-refractivity contribution in [1.29, 1.82) is 0 Å². The highest BCUT2D eigenvalue weighted by Gasteiger charge is 2.47. The van der Waals surface area contributed by atoms with Crippen LogP contribution in [0.4, 0.5) is 0 Å². The minimum atomic E-state index is -3.52. The van der Waals surface area contributed by atoms with E-state index in [-0.39, 0.29) is 35.5 Å². The Kier molecular flexibility index (Phi) is 3.73. The number of carbonyl (C=O) groups excluding carboxylic acids is 1. The lowest BCUT2D eigenvalue weighted by Crippen LogP contribution is -2.47. The fourth-order valence-corrected chi connectivity index (χ4v) is 4.53. The van der Waals surface area contributed by atoms with Crippen molar-refractivity contribution in [2.75, 3.05) is 20.1 Å². The van der Waals surface area contributed by atoms with Crippen LogP contribution in [0.25, 0.3) is 0 Å². The lowest BCUT2D eigenvalue weighted by Gasteiger charge is -2.31. The summed E-state index contributed by atoms with van der Waals surface area (Å²) in [7, 11) is -1.94. The maximum atomic E-state index is 12.6. The smallest absolute Gasteiger partial charge is 0.243 e. The molecule has 2 bridgehead atoms. The molecular weight excluding hydrogens is 292 g/mol. The number of nitrogens with one attached hydrogen (secondary N) is 1. The van der Waals surface area contributed by atoms with E-state index >= 15 is 0 Å². The molecule has 3 rings (SSSR count). The van der Waals surface area contributed by atoms with Gasteiger partial charge >= 0.3 is 0 Å². The third kappa shape index (κ3) is 2.56.